The first kappa shape index (κ1) is 14.2. The second-order valence-corrected chi connectivity index (χ2v) is 7.08. The number of nitrogens with one attached hydrogen (secondary N) is 1. The Morgan fingerprint density at radius 2 is 1.67 bits per heavy atom. The van der Waals surface area contributed by atoms with E-state index in [-0.39, 0.29) is 10.7 Å². The van der Waals surface area contributed by atoms with Crippen molar-refractivity contribution in [2.24, 2.45) is 0 Å². The van der Waals surface area contributed by atoms with Gasteiger partial charge in [0.1, 0.15) is 3.70 Å². The van der Waals surface area contributed by atoms with Crippen molar-refractivity contribution in [3.05, 3.63) is 58.3 Å². The Morgan fingerprint density at radius 1 is 0.905 bits per heavy atom. The smallest absolute Gasteiger partial charge is 0.262 e. The Balaban J connectivity index is 2.06. The Bertz CT molecular complexity index is 890. The number of hydrogen-bond acceptors (Lipinski definition) is 4. The van der Waals surface area contributed by atoms with Gasteiger partial charge in [-0.05, 0) is 46.2 Å². The lowest BCUT2D eigenvalue weighted by atomic mass is 10.1. The van der Waals surface area contributed by atoms with Crippen molar-refractivity contribution < 1.29 is 8.42 Å². The molecule has 0 fully saturated rings. The van der Waals surface area contributed by atoms with Gasteiger partial charge in [0.15, 0.2) is 5.82 Å². The van der Waals surface area contributed by atoms with E-state index in [9.17, 15) is 8.42 Å². The number of anilines is 1. The third-order valence-corrected chi connectivity index (χ3v) is 4.90. The number of sulfonamides is 1. The zero-order valence-electron chi connectivity index (χ0n) is 10.7. The summed E-state index contributed by atoms with van der Waals surface area (Å²) in [6, 6.07) is 15.8. The van der Waals surface area contributed by atoms with Gasteiger partial charge in [-0.2, -0.15) is 0 Å². The minimum atomic E-state index is -3.71. The minimum absolute atomic E-state index is 0.198. The normalized spacial score (nSPS) is 11.5. The average molecular weight is 411 g/mol. The molecule has 0 amide bonds. The number of halogens is 1. The maximum atomic E-state index is 12.5. The molecule has 0 aliphatic carbocycles. The number of fused-ring (bicyclic) bond motifs is 1. The molecule has 1 heterocycles. The molecule has 21 heavy (non-hydrogen) atoms. The highest BCUT2D eigenvalue weighted by Gasteiger charge is 2.17. The zero-order chi connectivity index (χ0) is 14.9. The first-order valence-corrected chi connectivity index (χ1v) is 8.62. The van der Waals surface area contributed by atoms with Gasteiger partial charge in [0, 0.05) is 5.39 Å². The van der Waals surface area contributed by atoms with Crippen molar-refractivity contribution in [2.75, 3.05) is 4.72 Å². The van der Waals surface area contributed by atoms with Gasteiger partial charge in [-0.3, -0.25) is 4.72 Å². The molecule has 0 radical (unpaired) electrons. The number of hydrogen-bond donors (Lipinski definition) is 1. The number of benzene rings is 2. The topological polar surface area (TPSA) is 72.0 Å². The average Bonchev–Trinajstić information content (AvgIpc) is 2.49. The molecule has 7 heteroatoms. The van der Waals surface area contributed by atoms with Crippen LogP contribution in [0.15, 0.2) is 59.5 Å². The summed E-state index contributed by atoms with van der Waals surface area (Å²) >= 11 is 2.01. The molecule has 0 unspecified atom stereocenters. The van der Waals surface area contributed by atoms with Crippen molar-refractivity contribution in [2.45, 2.75) is 4.90 Å². The first-order chi connectivity index (χ1) is 10.1. The quantitative estimate of drug-likeness (QED) is 0.673. The molecule has 106 valence electrons. The van der Waals surface area contributed by atoms with Crippen molar-refractivity contribution in [1.82, 2.24) is 10.2 Å². The van der Waals surface area contributed by atoms with Crippen molar-refractivity contribution >= 4 is 49.2 Å². The van der Waals surface area contributed by atoms with E-state index in [0.29, 0.717) is 9.09 Å². The van der Waals surface area contributed by atoms with E-state index in [1.807, 2.05) is 46.9 Å². The highest BCUT2D eigenvalue weighted by atomic mass is 127. The van der Waals surface area contributed by atoms with E-state index >= 15 is 0 Å². The Hall–Kier alpha value is -1.74. The van der Waals surface area contributed by atoms with Gasteiger partial charge in [-0.1, -0.05) is 36.4 Å². The summed E-state index contributed by atoms with van der Waals surface area (Å²) in [7, 11) is -3.71. The van der Waals surface area contributed by atoms with Crippen LogP contribution in [0, 0.1) is 3.70 Å². The van der Waals surface area contributed by atoms with Gasteiger partial charge in [0.25, 0.3) is 10.0 Å². The molecule has 0 bridgehead atoms. The standard InChI is InChI=1S/C14H10IN3O2S/c15-13-8-9-14(17-16-13)18-21(19,20)12-7-3-5-10-4-1-2-6-11(10)12/h1-9H,(H,17,18). The van der Waals surface area contributed by atoms with E-state index in [1.54, 1.807) is 30.3 Å². The lowest BCUT2D eigenvalue weighted by Gasteiger charge is -2.09. The molecular weight excluding hydrogens is 401 g/mol. The van der Waals surface area contributed by atoms with Crippen molar-refractivity contribution in [1.29, 1.82) is 0 Å². The summed E-state index contributed by atoms with van der Waals surface area (Å²) in [5, 5.41) is 9.19. The monoisotopic (exact) mass is 411 g/mol. The molecule has 0 saturated heterocycles. The maximum absolute atomic E-state index is 12.5. The van der Waals surface area contributed by atoms with Gasteiger partial charge in [0.2, 0.25) is 0 Å². The van der Waals surface area contributed by atoms with Crippen LogP contribution in [0.1, 0.15) is 0 Å². The highest BCUT2D eigenvalue weighted by molar-refractivity contribution is 14.1. The molecule has 3 aromatic rings. The lowest BCUT2D eigenvalue weighted by molar-refractivity contribution is 0.601. The summed E-state index contributed by atoms with van der Waals surface area (Å²) in [6.07, 6.45) is 0. The minimum Gasteiger partial charge on any atom is -0.262 e. The third-order valence-electron chi connectivity index (χ3n) is 2.91. The molecule has 1 N–H and O–H groups in total. The van der Waals surface area contributed by atoms with Crippen LogP contribution in [0.2, 0.25) is 0 Å². The van der Waals surface area contributed by atoms with Gasteiger partial charge in [0.05, 0.1) is 4.90 Å². The van der Waals surface area contributed by atoms with Crippen LogP contribution >= 0.6 is 22.6 Å². The molecule has 0 spiro atoms. The first-order valence-electron chi connectivity index (χ1n) is 6.06. The van der Waals surface area contributed by atoms with Crippen molar-refractivity contribution in [3.63, 3.8) is 0 Å². The molecule has 0 saturated carbocycles. The van der Waals surface area contributed by atoms with Crippen LogP contribution in [-0.4, -0.2) is 18.6 Å². The van der Waals surface area contributed by atoms with Crippen LogP contribution in [0.5, 0.6) is 0 Å². The third kappa shape index (κ3) is 2.98. The Labute approximate surface area is 135 Å². The number of aromatic nitrogens is 2. The van der Waals surface area contributed by atoms with Crippen LogP contribution in [0.3, 0.4) is 0 Å². The molecule has 1 aromatic heterocycles. The van der Waals surface area contributed by atoms with E-state index in [2.05, 4.69) is 14.9 Å². The van der Waals surface area contributed by atoms with E-state index < -0.39 is 10.0 Å². The zero-order valence-corrected chi connectivity index (χ0v) is 13.7. The fraction of sp³-hybridized carbons (Fsp3) is 0. The fourth-order valence-corrected chi connectivity index (χ4v) is 3.51. The Morgan fingerprint density at radius 3 is 2.43 bits per heavy atom. The van der Waals surface area contributed by atoms with Gasteiger partial charge in [-0.25, -0.2) is 8.42 Å². The molecule has 0 aliphatic heterocycles. The summed E-state index contributed by atoms with van der Waals surface area (Å²) < 4.78 is 28.2. The van der Waals surface area contributed by atoms with Crippen LogP contribution in [0.25, 0.3) is 10.8 Å². The van der Waals surface area contributed by atoms with Crippen LogP contribution in [0.4, 0.5) is 5.82 Å². The van der Waals surface area contributed by atoms with Crippen LogP contribution in [-0.2, 0) is 10.0 Å². The van der Waals surface area contributed by atoms with Gasteiger partial charge in [-0.15, -0.1) is 10.2 Å². The SMILES string of the molecule is O=S(=O)(Nc1ccc(I)nn1)c1cccc2ccccc12. The molecule has 0 aliphatic rings. The molecule has 3 rings (SSSR count). The number of rotatable bonds is 3. The summed E-state index contributed by atoms with van der Waals surface area (Å²) in [4.78, 5) is 0.223. The Kier molecular flexibility index (Phi) is 3.77. The molecule has 2 aromatic carbocycles. The van der Waals surface area contributed by atoms with Crippen LogP contribution < -0.4 is 4.72 Å². The summed E-state index contributed by atoms with van der Waals surface area (Å²) in [6.45, 7) is 0. The lowest BCUT2D eigenvalue weighted by Crippen LogP contribution is -2.14. The fourth-order valence-electron chi connectivity index (χ4n) is 1.99. The summed E-state index contributed by atoms with van der Waals surface area (Å²) in [5.41, 5.74) is 0. The van der Waals surface area contributed by atoms with Gasteiger partial charge < -0.3 is 0 Å². The van der Waals surface area contributed by atoms with E-state index in [1.165, 1.54) is 0 Å². The molecular formula is C14H10IN3O2S. The maximum Gasteiger partial charge on any atom is 0.263 e. The molecule has 0 atom stereocenters. The van der Waals surface area contributed by atoms with Gasteiger partial charge >= 0.3 is 0 Å². The van der Waals surface area contributed by atoms with E-state index in [0.717, 1.165) is 5.39 Å². The van der Waals surface area contributed by atoms with Crippen molar-refractivity contribution in [3.8, 4) is 0 Å². The largest absolute Gasteiger partial charge is 0.263 e. The second kappa shape index (κ2) is 5.57. The predicted octanol–water partition coefficient (Wildman–Crippen LogP) is 3.04. The highest BCUT2D eigenvalue weighted by Crippen LogP contribution is 2.24. The second-order valence-electron chi connectivity index (χ2n) is 4.32. The predicted molar refractivity (Wildman–Crippen MR) is 89.5 cm³/mol. The summed E-state index contributed by atoms with van der Waals surface area (Å²) in [5.74, 6) is 0.198. The van der Waals surface area contributed by atoms with E-state index in [4.69, 9.17) is 0 Å². The molecule has 5 nitrogen and oxygen atoms in total. The number of nitrogens with zero attached hydrogens (tertiary/aromatic N) is 2.